The van der Waals surface area contributed by atoms with Crippen molar-refractivity contribution in [2.45, 2.75) is 25.3 Å². The van der Waals surface area contributed by atoms with E-state index in [0.29, 0.717) is 17.4 Å². The molecule has 4 aromatic rings. The fourth-order valence-corrected chi connectivity index (χ4v) is 4.27. The molecular formula is C24H21Cl2N3OS. The minimum Gasteiger partial charge on any atom is -0.391 e. The smallest absolute Gasteiger partial charge is 0.142 e. The molecule has 0 aliphatic rings. The van der Waals surface area contributed by atoms with E-state index in [-0.39, 0.29) is 0 Å². The number of nitrogens with zero attached hydrogens (tertiary/aromatic N) is 3. The molecular weight excluding hydrogens is 449 g/mol. The number of rotatable bonds is 7. The van der Waals surface area contributed by atoms with E-state index < -0.39 is 0 Å². The molecule has 0 bridgehead atoms. The third kappa shape index (κ3) is 5.42. The highest BCUT2D eigenvalue weighted by Gasteiger charge is 2.16. The quantitative estimate of drug-likeness (QED) is 0.166. The summed E-state index contributed by atoms with van der Waals surface area (Å²) in [7, 11) is 0. The molecule has 4 nitrogen and oxygen atoms in total. The topological polar surface area (TPSA) is 38.9 Å². The number of oxime groups is 1. The fourth-order valence-electron chi connectivity index (χ4n) is 3.20. The second kappa shape index (κ2) is 9.77. The molecule has 2 aromatic carbocycles. The maximum absolute atomic E-state index is 6.02. The molecule has 0 spiro atoms. The number of aromatic nitrogens is 2. The van der Waals surface area contributed by atoms with Gasteiger partial charge in [-0.25, -0.2) is 4.98 Å². The number of aryl methyl sites for hydroxylation is 2. The van der Waals surface area contributed by atoms with E-state index in [4.69, 9.17) is 33.0 Å². The second-order valence-electron chi connectivity index (χ2n) is 7.16. The molecule has 7 heteroatoms. The van der Waals surface area contributed by atoms with Gasteiger partial charge < -0.3 is 4.84 Å². The van der Waals surface area contributed by atoms with E-state index in [1.165, 1.54) is 0 Å². The summed E-state index contributed by atoms with van der Waals surface area (Å²) in [6.07, 6.45) is 2.03. The maximum atomic E-state index is 6.02. The summed E-state index contributed by atoms with van der Waals surface area (Å²) in [5.41, 5.74) is 5.75. The lowest BCUT2D eigenvalue weighted by Gasteiger charge is -2.09. The first-order valence-corrected chi connectivity index (χ1v) is 11.5. The number of hydrogen-bond acceptors (Lipinski definition) is 4. The van der Waals surface area contributed by atoms with Crippen LogP contribution in [-0.2, 0) is 11.4 Å². The van der Waals surface area contributed by atoms with Crippen LogP contribution in [0.25, 0.3) is 5.65 Å². The Morgan fingerprint density at radius 1 is 1.00 bits per heavy atom. The van der Waals surface area contributed by atoms with Crippen molar-refractivity contribution in [2.75, 3.05) is 5.75 Å². The molecule has 31 heavy (non-hydrogen) atoms. The summed E-state index contributed by atoms with van der Waals surface area (Å²) < 4.78 is 2.06. The van der Waals surface area contributed by atoms with Crippen LogP contribution in [0.1, 0.15) is 22.5 Å². The Kier molecular flexibility index (Phi) is 6.86. The van der Waals surface area contributed by atoms with Crippen molar-refractivity contribution in [2.24, 2.45) is 5.16 Å². The van der Waals surface area contributed by atoms with E-state index in [9.17, 15) is 0 Å². The third-order valence-corrected chi connectivity index (χ3v) is 6.26. The van der Waals surface area contributed by atoms with E-state index in [1.54, 1.807) is 11.8 Å². The standard InChI is InChI=1S/C24H21Cl2N3OS/c1-16-11-12-29-23(13-16)27-17(2)24(29)22(15-31-21-9-7-20(26)8-10-21)28-30-14-18-3-5-19(25)6-4-18/h3-13H,14-15H2,1-2H3/b28-22+. The predicted molar refractivity (Wildman–Crippen MR) is 130 cm³/mol. The molecule has 0 aliphatic carbocycles. The van der Waals surface area contributed by atoms with Crippen LogP contribution in [0.3, 0.4) is 0 Å². The van der Waals surface area contributed by atoms with Crippen LogP contribution in [0, 0.1) is 13.8 Å². The van der Waals surface area contributed by atoms with Crippen LogP contribution in [-0.4, -0.2) is 20.8 Å². The molecule has 4 rings (SSSR count). The normalized spacial score (nSPS) is 11.8. The van der Waals surface area contributed by atoms with Gasteiger partial charge in [-0.05, 0) is 73.5 Å². The number of benzene rings is 2. The molecule has 0 amide bonds. The van der Waals surface area contributed by atoms with Crippen molar-refractivity contribution < 1.29 is 4.84 Å². The third-order valence-electron chi connectivity index (χ3n) is 4.74. The number of thioether (sulfide) groups is 1. The lowest BCUT2D eigenvalue weighted by molar-refractivity contribution is 0.130. The number of imidazole rings is 1. The van der Waals surface area contributed by atoms with Gasteiger partial charge in [-0.3, -0.25) is 4.40 Å². The van der Waals surface area contributed by atoms with Crippen LogP contribution in [0.2, 0.25) is 10.0 Å². The largest absolute Gasteiger partial charge is 0.391 e. The molecule has 0 N–H and O–H groups in total. The minimum atomic E-state index is 0.362. The summed E-state index contributed by atoms with van der Waals surface area (Å²) in [5, 5.41) is 5.94. The Labute approximate surface area is 195 Å². The number of fused-ring (bicyclic) bond motifs is 1. The lowest BCUT2D eigenvalue weighted by atomic mass is 10.2. The second-order valence-corrected chi connectivity index (χ2v) is 9.08. The van der Waals surface area contributed by atoms with Crippen molar-refractivity contribution in [3.05, 3.63) is 99.4 Å². The summed E-state index contributed by atoms with van der Waals surface area (Å²) in [6, 6.07) is 19.5. The van der Waals surface area contributed by atoms with Gasteiger partial charge in [-0.2, -0.15) is 0 Å². The van der Waals surface area contributed by atoms with Crippen LogP contribution in [0.4, 0.5) is 0 Å². The van der Waals surface area contributed by atoms with E-state index in [1.807, 2.05) is 61.7 Å². The van der Waals surface area contributed by atoms with Gasteiger partial charge in [0.2, 0.25) is 0 Å². The van der Waals surface area contributed by atoms with Gasteiger partial charge >= 0.3 is 0 Å². The van der Waals surface area contributed by atoms with Gasteiger partial charge in [0.15, 0.2) is 0 Å². The number of hydrogen-bond donors (Lipinski definition) is 0. The molecule has 0 unspecified atom stereocenters. The van der Waals surface area contributed by atoms with E-state index >= 15 is 0 Å². The highest BCUT2D eigenvalue weighted by Crippen LogP contribution is 2.24. The Morgan fingerprint density at radius 3 is 2.39 bits per heavy atom. The van der Waals surface area contributed by atoms with Crippen molar-refractivity contribution >= 4 is 46.3 Å². The molecule has 0 radical (unpaired) electrons. The Hall–Kier alpha value is -2.47. The van der Waals surface area contributed by atoms with Crippen LogP contribution in [0.15, 0.2) is 76.9 Å². The highest BCUT2D eigenvalue weighted by atomic mass is 35.5. The Balaban J connectivity index is 1.62. The van der Waals surface area contributed by atoms with Crippen LogP contribution in [0.5, 0.6) is 0 Å². The number of pyridine rings is 1. The molecule has 0 atom stereocenters. The summed E-state index contributed by atoms with van der Waals surface area (Å²) in [4.78, 5) is 11.6. The molecule has 0 fully saturated rings. The van der Waals surface area contributed by atoms with Gasteiger partial charge in [0.25, 0.3) is 0 Å². The molecule has 0 saturated heterocycles. The van der Waals surface area contributed by atoms with Gasteiger partial charge in [0.05, 0.1) is 11.4 Å². The lowest BCUT2D eigenvalue weighted by Crippen LogP contribution is -2.11. The van der Waals surface area contributed by atoms with E-state index in [0.717, 1.165) is 43.8 Å². The predicted octanol–water partition coefficient (Wildman–Crippen LogP) is 6.97. The average molecular weight is 470 g/mol. The fraction of sp³-hybridized carbons (Fsp3) is 0.167. The first kappa shape index (κ1) is 21.8. The van der Waals surface area contributed by atoms with Crippen molar-refractivity contribution in [1.29, 1.82) is 0 Å². The molecule has 2 heterocycles. The molecule has 0 aliphatic heterocycles. The Morgan fingerprint density at radius 2 is 1.68 bits per heavy atom. The van der Waals surface area contributed by atoms with Gasteiger partial charge in [-0.1, -0.05) is 40.5 Å². The molecule has 158 valence electrons. The molecule has 2 aromatic heterocycles. The zero-order chi connectivity index (χ0) is 21.8. The first-order chi connectivity index (χ1) is 15.0. The van der Waals surface area contributed by atoms with Crippen molar-refractivity contribution in [1.82, 2.24) is 9.38 Å². The zero-order valence-corrected chi connectivity index (χ0v) is 19.5. The average Bonchev–Trinajstić information content (AvgIpc) is 3.08. The SMILES string of the molecule is Cc1ccn2c(/C(CSc3ccc(Cl)cc3)=N/OCc3ccc(Cl)cc3)c(C)nc2c1. The monoisotopic (exact) mass is 469 g/mol. The van der Waals surface area contributed by atoms with Crippen LogP contribution >= 0.6 is 35.0 Å². The van der Waals surface area contributed by atoms with Gasteiger partial charge in [-0.15, -0.1) is 11.8 Å². The van der Waals surface area contributed by atoms with Gasteiger partial charge in [0, 0.05) is 26.9 Å². The zero-order valence-electron chi connectivity index (χ0n) is 17.2. The number of halogens is 2. The van der Waals surface area contributed by atoms with Crippen molar-refractivity contribution in [3.63, 3.8) is 0 Å². The summed E-state index contributed by atoms with van der Waals surface area (Å²) in [6.45, 7) is 4.42. The van der Waals surface area contributed by atoms with Crippen LogP contribution < -0.4 is 0 Å². The summed E-state index contributed by atoms with van der Waals surface area (Å²) in [5.74, 6) is 0.630. The van der Waals surface area contributed by atoms with Crippen molar-refractivity contribution in [3.8, 4) is 0 Å². The minimum absolute atomic E-state index is 0.362. The Bertz CT molecular complexity index is 1220. The highest BCUT2D eigenvalue weighted by molar-refractivity contribution is 8.00. The summed E-state index contributed by atoms with van der Waals surface area (Å²) >= 11 is 13.7. The molecule has 0 saturated carbocycles. The van der Waals surface area contributed by atoms with Gasteiger partial charge in [0.1, 0.15) is 18.0 Å². The maximum Gasteiger partial charge on any atom is 0.142 e. The van der Waals surface area contributed by atoms with E-state index in [2.05, 4.69) is 28.6 Å². The first-order valence-electron chi connectivity index (χ1n) is 9.77.